The van der Waals surface area contributed by atoms with E-state index in [9.17, 15) is 9.90 Å². The van der Waals surface area contributed by atoms with Crippen molar-refractivity contribution in [2.45, 2.75) is 6.42 Å². The van der Waals surface area contributed by atoms with Gasteiger partial charge in [0.15, 0.2) is 5.69 Å². The summed E-state index contributed by atoms with van der Waals surface area (Å²) in [5.74, 6) is -0.482. The number of aromatic carboxylic acids is 1. The molecule has 0 aliphatic heterocycles. The van der Waals surface area contributed by atoms with Gasteiger partial charge in [0, 0.05) is 11.3 Å². The number of aromatic nitrogens is 3. The van der Waals surface area contributed by atoms with Crippen molar-refractivity contribution in [2.24, 2.45) is 0 Å². The highest BCUT2D eigenvalue weighted by atomic mass is 32.1. The lowest BCUT2D eigenvalue weighted by Crippen LogP contribution is -2.08. The van der Waals surface area contributed by atoms with E-state index in [0.29, 0.717) is 23.6 Å². The Kier molecular flexibility index (Phi) is 3.88. The quantitative estimate of drug-likeness (QED) is 0.783. The molecule has 0 saturated heterocycles. The van der Waals surface area contributed by atoms with Crippen molar-refractivity contribution < 1.29 is 14.6 Å². The number of thiophene rings is 1. The molecular formula is C15H13N3O3S. The molecule has 3 aromatic rings. The van der Waals surface area contributed by atoms with Crippen molar-refractivity contribution in [2.75, 3.05) is 7.11 Å². The van der Waals surface area contributed by atoms with E-state index in [2.05, 4.69) is 10.3 Å². The second kappa shape index (κ2) is 5.98. The molecule has 112 valence electrons. The van der Waals surface area contributed by atoms with E-state index in [-0.39, 0.29) is 5.69 Å². The number of ether oxygens (including phenoxy) is 1. The number of methoxy groups -OCH3 is 1. The normalized spacial score (nSPS) is 10.6. The third-order valence-electron chi connectivity index (χ3n) is 3.20. The fraction of sp³-hybridized carbons (Fsp3) is 0.133. The van der Waals surface area contributed by atoms with Gasteiger partial charge in [0.25, 0.3) is 0 Å². The molecule has 0 unspecified atom stereocenters. The van der Waals surface area contributed by atoms with Gasteiger partial charge in [-0.3, -0.25) is 0 Å². The first-order chi connectivity index (χ1) is 10.7. The molecule has 1 aromatic carbocycles. The van der Waals surface area contributed by atoms with E-state index in [1.54, 1.807) is 24.5 Å². The number of hydrogen-bond donors (Lipinski definition) is 1. The zero-order valence-corrected chi connectivity index (χ0v) is 12.6. The van der Waals surface area contributed by atoms with Crippen molar-refractivity contribution in [3.05, 3.63) is 58.0 Å². The van der Waals surface area contributed by atoms with Gasteiger partial charge < -0.3 is 9.84 Å². The summed E-state index contributed by atoms with van der Waals surface area (Å²) in [6.45, 7) is 0. The fourth-order valence-corrected chi connectivity index (χ4v) is 2.91. The average molecular weight is 315 g/mol. The van der Waals surface area contributed by atoms with Crippen LogP contribution in [0.5, 0.6) is 5.75 Å². The van der Waals surface area contributed by atoms with E-state index in [1.165, 1.54) is 4.68 Å². The van der Waals surface area contributed by atoms with Gasteiger partial charge in [-0.05, 0) is 23.6 Å². The maximum absolute atomic E-state index is 11.4. The Balaban J connectivity index is 2.13. The van der Waals surface area contributed by atoms with Crippen molar-refractivity contribution in [3.8, 4) is 11.4 Å². The van der Waals surface area contributed by atoms with Crippen LogP contribution in [-0.2, 0) is 6.42 Å². The summed E-state index contributed by atoms with van der Waals surface area (Å²) in [5, 5.41) is 19.1. The Morgan fingerprint density at radius 3 is 2.82 bits per heavy atom. The molecule has 3 rings (SSSR count). The molecule has 0 spiro atoms. The van der Waals surface area contributed by atoms with Gasteiger partial charge in [-0.25, -0.2) is 9.48 Å². The predicted molar refractivity (Wildman–Crippen MR) is 82.0 cm³/mol. The Hall–Kier alpha value is -2.67. The monoisotopic (exact) mass is 315 g/mol. The fourth-order valence-electron chi connectivity index (χ4n) is 2.20. The van der Waals surface area contributed by atoms with Crippen LogP contribution >= 0.6 is 11.3 Å². The number of carbonyl (C=O) groups is 1. The van der Waals surface area contributed by atoms with Crippen LogP contribution in [0, 0.1) is 0 Å². The third kappa shape index (κ3) is 2.58. The lowest BCUT2D eigenvalue weighted by Gasteiger charge is -2.10. The van der Waals surface area contributed by atoms with Crippen molar-refractivity contribution in [3.63, 3.8) is 0 Å². The maximum Gasteiger partial charge on any atom is 0.358 e. The summed E-state index contributed by atoms with van der Waals surface area (Å²) >= 11 is 1.56. The Labute approximate surface area is 130 Å². The van der Waals surface area contributed by atoms with Gasteiger partial charge in [0.05, 0.1) is 12.8 Å². The molecule has 2 heterocycles. The molecule has 0 atom stereocenters. The maximum atomic E-state index is 11.4. The molecule has 0 radical (unpaired) electrons. The highest BCUT2D eigenvalue weighted by Gasteiger charge is 2.22. The Morgan fingerprint density at radius 2 is 2.14 bits per heavy atom. The zero-order valence-electron chi connectivity index (χ0n) is 11.8. The second-order valence-electron chi connectivity index (χ2n) is 4.53. The van der Waals surface area contributed by atoms with Crippen LogP contribution in [0.2, 0.25) is 0 Å². The Bertz CT molecular complexity index is 796. The van der Waals surface area contributed by atoms with E-state index >= 15 is 0 Å². The SMILES string of the molecule is COc1ccccc1-n1nnc(C(=O)O)c1Cc1cccs1. The van der Waals surface area contributed by atoms with Gasteiger partial charge in [-0.2, -0.15) is 0 Å². The van der Waals surface area contributed by atoms with Gasteiger partial charge >= 0.3 is 5.97 Å². The van der Waals surface area contributed by atoms with Crippen LogP contribution in [0.15, 0.2) is 41.8 Å². The first kappa shape index (κ1) is 14.3. The van der Waals surface area contributed by atoms with Crippen LogP contribution in [0.3, 0.4) is 0 Å². The van der Waals surface area contributed by atoms with Crippen molar-refractivity contribution in [1.29, 1.82) is 0 Å². The van der Waals surface area contributed by atoms with Gasteiger partial charge in [-0.15, -0.1) is 16.4 Å². The summed E-state index contributed by atoms with van der Waals surface area (Å²) in [4.78, 5) is 12.4. The molecule has 0 aliphatic carbocycles. The standard InChI is InChI=1S/C15H13N3O3S/c1-21-13-7-3-2-6-11(13)18-12(9-10-5-4-8-22-10)14(15(19)20)16-17-18/h2-8H,9H2,1H3,(H,19,20). The number of rotatable bonds is 5. The second-order valence-corrected chi connectivity index (χ2v) is 5.56. The highest BCUT2D eigenvalue weighted by molar-refractivity contribution is 7.09. The summed E-state index contributed by atoms with van der Waals surface area (Å²) in [6, 6.07) is 11.2. The number of benzene rings is 1. The van der Waals surface area contributed by atoms with Gasteiger partial charge in [0.1, 0.15) is 11.4 Å². The molecule has 6 nitrogen and oxygen atoms in total. The van der Waals surface area contributed by atoms with E-state index < -0.39 is 5.97 Å². The van der Waals surface area contributed by atoms with E-state index in [0.717, 1.165) is 4.88 Å². The van der Waals surface area contributed by atoms with Crippen molar-refractivity contribution >= 4 is 17.3 Å². The lowest BCUT2D eigenvalue weighted by atomic mass is 10.2. The average Bonchev–Trinajstić information content (AvgIpc) is 3.17. The topological polar surface area (TPSA) is 77.2 Å². The van der Waals surface area contributed by atoms with Gasteiger partial charge in [-0.1, -0.05) is 23.4 Å². The molecule has 0 aliphatic rings. The number of hydrogen-bond acceptors (Lipinski definition) is 5. The largest absolute Gasteiger partial charge is 0.494 e. The molecule has 7 heteroatoms. The minimum absolute atomic E-state index is 0.0423. The molecule has 0 amide bonds. The Morgan fingerprint density at radius 1 is 1.32 bits per heavy atom. The number of carboxylic acid groups (broad SMARTS) is 1. The molecular weight excluding hydrogens is 302 g/mol. The molecule has 0 fully saturated rings. The van der Waals surface area contributed by atoms with Gasteiger partial charge in [0.2, 0.25) is 0 Å². The number of carboxylic acids is 1. The predicted octanol–water partition coefficient (Wildman–Crippen LogP) is 2.63. The molecule has 0 bridgehead atoms. The summed E-state index contributed by atoms with van der Waals surface area (Å²) in [5.41, 5.74) is 1.15. The molecule has 2 aromatic heterocycles. The summed E-state index contributed by atoms with van der Waals surface area (Å²) in [6.07, 6.45) is 0.449. The van der Waals surface area contributed by atoms with E-state index in [4.69, 9.17) is 4.74 Å². The minimum atomic E-state index is -1.09. The van der Waals surface area contributed by atoms with Crippen LogP contribution < -0.4 is 4.74 Å². The third-order valence-corrected chi connectivity index (χ3v) is 4.08. The van der Waals surface area contributed by atoms with Crippen LogP contribution in [0.1, 0.15) is 21.1 Å². The molecule has 0 saturated carbocycles. The summed E-state index contributed by atoms with van der Waals surface area (Å²) < 4.78 is 6.86. The van der Waals surface area contributed by atoms with E-state index in [1.807, 2.05) is 35.7 Å². The van der Waals surface area contributed by atoms with Crippen molar-refractivity contribution in [1.82, 2.24) is 15.0 Å². The molecule has 22 heavy (non-hydrogen) atoms. The molecule has 1 N–H and O–H groups in total. The first-order valence-electron chi connectivity index (χ1n) is 6.54. The van der Waals surface area contributed by atoms with Crippen LogP contribution in [-0.4, -0.2) is 33.2 Å². The number of nitrogens with zero attached hydrogens (tertiary/aromatic N) is 3. The number of para-hydroxylation sites is 2. The van der Waals surface area contributed by atoms with Crippen LogP contribution in [0.25, 0.3) is 5.69 Å². The zero-order chi connectivity index (χ0) is 15.5. The highest BCUT2D eigenvalue weighted by Crippen LogP contribution is 2.25. The first-order valence-corrected chi connectivity index (χ1v) is 7.42. The minimum Gasteiger partial charge on any atom is -0.494 e. The lowest BCUT2D eigenvalue weighted by molar-refractivity contribution is 0.0689. The van der Waals surface area contributed by atoms with Crippen LogP contribution in [0.4, 0.5) is 0 Å². The summed E-state index contributed by atoms with van der Waals surface area (Å²) in [7, 11) is 1.56. The smallest absolute Gasteiger partial charge is 0.358 e.